The predicted molar refractivity (Wildman–Crippen MR) is 125 cm³/mol. The predicted octanol–water partition coefficient (Wildman–Crippen LogP) is 1.03. The summed E-state index contributed by atoms with van der Waals surface area (Å²) in [5.41, 5.74) is 1.22. The smallest absolute Gasteiger partial charge is 0.261 e. The average molecular weight is 480 g/mol. The number of hydrogen-bond acceptors (Lipinski definition) is 7. The first kappa shape index (κ1) is 25.0. The van der Waals surface area contributed by atoms with Crippen LogP contribution in [0.4, 0.5) is 5.69 Å². The maximum absolute atomic E-state index is 13.4. The lowest BCUT2D eigenvalue weighted by molar-refractivity contribution is 0.0387. The topological polar surface area (TPSA) is 108 Å². The van der Waals surface area contributed by atoms with E-state index in [-0.39, 0.29) is 30.0 Å². The Kier molecular flexibility index (Phi) is 7.35. The van der Waals surface area contributed by atoms with E-state index in [1.54, 1.807) is 35.6 Å². The third-order valence-corrected chi connectivity index (χ3v) is 7.67. The molecule has 2 aromatic rings. The van der Waals surface area contributed by atoms with E-state index in [0.29, 0.717) is 17.9 Å². The van der Waals surface area contributed by atoms with Crippen molar-refractivity contribution in [3.63, 3.8) is 0 Å². The summed E-state index contributed by atoms with van der Waals surface area (Å²) in [6.07, 6.45) is 2.36. The van der Waals surface area contributed by atoms with Crippen LogP contribution >= 0.6 is 0 Å². The fourth-order valence-corrected chi connectivity index (χ4v) is 4.88. The molecular weight excluding hydrogens is 446 g/mol. The summed E-state index contributed by atoms with van der Waals surface area (Å²) in [6.45, 7) is 3.91. The molecule has 1 N–H and O–H groups in total. The second kappa shape index (κ2) is 9.70. The number of sulfonamides is 1. The zero-order valence-electron chi connectivity index (χ0n) is 20.0. The van der Waals surface area contributed by atoms with Crippen molar-refractivity contribution in [1.29, 1.82) is 0 Å². The molecule has 0 aliphatic carbocycles. The van der Waals surface area contributed by atoms with Crippen LogP contribution < -0.4 is 9.64 Å². The van der Waals surface area contributed by atoms with E-state index in [0.717, 1.165) is 5.69 Å². The number of benzene rings is 1. The molecule has 0 radical (unpaired) electrons. The Hall–Kier alpha value is -2.63. The van der Waals surface area contributed by atoms with Crippen LogP contribution in [0.25, 0.3) is 0 Å². The summed E-state index contributed by atoms with van der Waals surface area (Å²) >= 11 is 0. The molecule has 1 aliphatic heterocycles. The van der Waals surface area contributed by atoms with Crippen molar-refractivity contribution in [2.24, 2.45) is 13.0 Å². The van der Waals surface area contributed by atoms with Gasteiger partial charge >= 0.3 is 0 Å². The molecule has 33 heavy (non-hydrogen) atoms. The third kappa shape index (κ3) is 5.15. The first-order valence-corrected chi connectivity index (χ1v) is 12.2. The van der Waals surface area contributed by atoms with Crippen molar-refractivity contribution in [2.45, 2.75) is 31.0 Å². The van der Waals surface area contributed by atoms with Crippen molar-refractivity contribution < 1.29 is 23.1 Å². The highest BCUT2D eigenvalue weighted by Crippen LogP contribution is 2.31. The van der Waals surface area contributed by atoms with Crippen LogP contribution in [-0.2, 0) is 17.1 Å². The van der Waals surface area contributed by atoms with Gasteiger partial charge in [-0.3, -0.25) is 4.79 Å². The molecule has 0 bridgehead atoms. The van der Waals surface area contributed by atoms with Crippen molar-refractivity contribution in [3.8, 4) is 5.75 Å². The van der Waals surface area contributed by atoms with Crippen molar-refractivity contribution in [2.75, 3.05) is 45.7 Å². The lowest BCUT2D eigenvalue weighted by Crippen LogP contribution is -2.50. The minimum atomic E-state index is -3.81. The second-order valence-electron chi connectivity index (χ2n) is 8.86. The van der Waals surface area contributed by atoms with E-state index < -0.39 is 22.2 Å². The van der Waals surface area contributed by atoms with E-state index in [1.165, 1.54) is 23.9 Å². The summed E-state index contributed by atoms with van der Waals surface area (Å²) in [5.74, 6) is -0.0399. The maximum Gasteiger partial charge on any atom is 0.261 e. The zero-order valence-corrected chi connectivity index (χ0v) is 20.8. The van der Waals surface area contributed by atoms with Gasteiger partial charge in [0.2, 0.25) is 0 Å². The highest BCUT2D eigenvalue weighted by Gasteiger charge is 2.35. The highest BCUT2D eigenvalue weighted by atomic mass is 32.2. The van der Waals surface area contributed by atoms with Gasteiger partial charge in [0.15, 0.2) is 5.03 Å². The first-order valence-electron chi connectivity index (χ1n) is 10.8. The summed E-state index contributed by atoms with van der Waals surface area (Å²) in [7, 11) is 3.16. The van der Waals surface area contributed by atoms with E-state index in [4.69, 9.17) is 4.74 Å². The third-order valence-electron chi connectivity index (χ3n) is 5.96. The molecule has 0 spiro atoms. The number of nitrogens with zero attached hydrogens (tertiary/aromatic N) is 5. The van der Waals surface area contributed by atoms with Gasteiger partial charge in [0.1, 0.15) is 11.9 Å². The van der Waals surface area contributed by atoms with Gasteiger partial charge in [-0.05, 0) is 25.1 Å². The largest absolute Gasteiger partial charge is 0.488 e. The normalized spacial score (nSPS) is 20.1. The number of ether oxygens (including phenoxy) is 1. The molecule has 0 saturated carbocycles. The molecule has 1 amide bonds. The quantitative estimate of drug-likeness (QED) is 0.632. The number of aromatic nitrogens is 2. The Morgan fingerprint density at radius 3 is 2.58 bits per heavy atom. The van der Waals surface area contributed by atoms with Crippen LogP contribution in [-0.4, -0.2) is 91.2 Å². The fourth-order valence-electron chi connectivity index (χ4n) is 3.74. The van der Waals surface area contributed by atoms with Gasteiger partial charge in [0.25, 0.3) is 15.9 Å². The van der Waals surface area contributed by atoms with Crippen LogP contribution in [0.15, 0.2) is 35.7 Å². The molecule has 1 aromatic heterocycles. The standard InChI is InChI=1S/C22H33N5O5S/c1-15-10-27(16(2)13-28)22(29)18-9-17(24(3)4)7-8-19(18)32-20(15)11-26(6)33(30,31)21-12-25(5)14-23-21/h7-9,12,14-16,20,28H,10-11,13H2,1-6H3/t15-,16-,20-/m1/s1. The second-order valence-corrected chi connectivity index (χ2v) is 10.9. The number of imidazole rings is 1. The van der Waals surface area contributed by atoms with Gasteiger partial charge in [-0.2, -0.15) is 4.31 Å². The zero-order chi connectivity index (χ0) is 24.5. The number of rotatable bonds is 7. The SMILES string of the molecule is C[C@@H]1CN([C@H](C)CO)C(=O)c2cc(N(C)C)ccc2O[C@@H]1CN(C)S(=O)(=O)c1cn(C)cn1. The van der Waals surface area contributed by atoms with Crippen LogP contribution in [0.5, 0.6) is 5.75 Å². The Morgan fingerprint density at radius 2 is 2.00 bits per heavy atom. The van der Waals surface area contributed by atoms with E-state index >= 15 is 0 Å². The molecular formula is C22H33N5O5S. The minimum absolute atomic E-state index is 0.0345. The van der Waals surface area contributed by atoms with Gasteiger partial charge in [0.05, 0.1) is 31.1 Å². The van der Waals surface area contributed by atoms with Gasteiger partial charge in [-0.1, -0.05) is 6.92 Å². The number of carbonyl (C=O) groups is 1. The number of aliphatic hydroxyl groups is 1. The lowest BCUT2D eigenvalue weighted by Gasteiger charge is -2.38. The highest BCUT2D eigenvalue weighted by molar-refractivity contribution is 7.89. The van der Waals surface area contributed by atoms with Crippen LogP contribution in [0, 0.1) is 5.92 Å². The number of fused-ring (bicyclic) bond motifs is 1. The summed E-state index contributed by atoms with van der Waals surface area (Å²) in [4.78, 5) is 20.9. The number of hydrogen-bond donors (Lipinski definition) is 1. The van der Waals surface area contributed by atoms with E-state index in [2.05, 4.69) is 4.98 Å². The van der Waals surface area contributed by atoms with Gasteiger partial charge < -0.3 is 24.2 Å². The fraction of sp³-hybridized carbons (Fsp3) is 0.545. The molecule has 182 valence electrons. The van der Waals surface area contributed by atoms with Gasteiger partial charge in [-0.25, -0.2) is 13.4 Å². The molecule has 2 heterocycles. The summed E-state index contributed by atoms with van der Waals surface area (Å²) < 4.78 is 35.1. The van der Waals surface area contributed by atoms with Crippen LogP contribution in [0.3, 0.4) is 0 Å². The van der Waals surface area contributed by atoms with Gasteiger partial charge in [-0.15, -0.1) is 0 Å². The molecule has 3 atom stereocenters. The molecule has 11 heteroatoms. The molecule has 1 aromatic carbocycles. The monoisotopic (exact) mass is 479 g/mol. The van der Waals surface area contributed by atoms with Crippen molar-refractivity contribution >= 4 is 21.6 Å². The van der Waals surface area contributed by atoms with E-state index in [1.807, 2.05) is 32.0 Å². The average Bonchev–Trinajstić information content (AvgIpc) is 3.22. The Labute approximate surface area is 195 Å². The number of aryl methyl sites for hydroxylation is 1. The van der Waals surface area contributed by atoms with Gasteiger partial charge in [0, 0.05) is 52.5 Å². The number of carbonyl (C=O) groups excluding carboxylic acids is 1. The summed E-state index contributed by atoms with van der Waals surface area (Å²) in [5, 5.41) is 9.73. The molecule has 0 unspecified atom stereocenters. The first-order chi connectivity index (χ1) is 15.4. The van der Waals surface area contributed by atoms with Crippen molar-refractivity contribution in [3.05, 3.63) is 36.3 Å². The number of anilines is 1. The molecule has 1 aliphatic rings. The number of likely N-dealkylation sites (N-methyl/N-ethyl adjacent to an activating group) is 1. The summed E-state index contributed by atoms with van der Waals surface area (Å²) in [6, 6.07) is 4.95. The number of amides is 1. The van der Waals surface area contributed by atoms with Crippen LogP contribution in [0.2, 0.25) is 0 Å². The molecule has 3 rings (SSSR count). The molecule has 10 nitrogen and oxygen atoms in total. The Bertz CT molecular complexity index is 1100. The van der Waals surface area contributed by atoms with Crippen molar-refractivity contribution in [1.82, 2.24) is 18.8 Å². The lowest BCUT2D eigenvalue weighted by atomic mass is 9.99. The molecule has 0 saturated heterocycles. The number of aliphatic hydroxyl groups excluding tert-OH is 1. The maximum atomic E-state index is 13.4. The Morgan fingerprint density at radius 1 is 1.30 bits per heavy atom. The minimum Gasteiger partial charge on any atom is -0.488 e. The molecule has 0 fully saturated rings. The Balaban J connectivity index is 1.98. The van der Waals surface area contributed by atoms with E-state index in [9.17, 15) is 18.3 Å². The van der Waals surface area contributed by atoms with Crippen LogP contribution in [0.1, 0.15) is 24.2 Å².